The predicted molar refractivity (Wildman–Crippen MR) is 114 cm³/mol. The minimum atomic E-state index is -0.912. The molecule has 2 aliphatic carbocycles. The topological polar surface area (TPSA) is 93.1 Å². The number of rotatable bonds is 10. The number of hydrogen-bond donors (Lipinski definition) is 2. The Hall–Kier alpha value is -1.66. The van der Waals surface area contributed by atoms with Gasteiger partial charge in [-0.05, 0) is 55.9 Å². The molecule has 170 valence electrons. The third-order valence-corrected chi connectivity index (χ3v) is 6.64. The van der Waals surface area contributed by atoms with Crippen LogP contribution in [-0.4, -0.2) is 47.6 Å². The number of carbonyl (C=O) groups is 2. The highest BCUT2D eigenvalue weighted by molar-refractivity contribution is 5.72. The number of fused-ring (bicyclic) bond motifs is 1. The van der Waals surface area contributed by atoms with Crippen molar-refractivity contribution in [3.63, 3.8) is 0 Å². The quantitative estimate of drug-likeness (QED) is 0.523. The van der Waals surface area contributed by atoms with E-state index in [0.29, 0.717) is 12.3 Å². The molecule has 30 heavy (non-hydrogen) atoms. The van der Waals surface area contributed by atoms with Crippen molar-refractivity contribution in [1.82, 2.24) is 0 Å². The van der Waals surface area contributed by atoms with Gasteiger partial charge in [-0.15, -0.1) is 0 Å². The van der Waals surface area contributed by atoms with Gasteiger partial charge in [0.1, 0.15) is 6.10 Å². The number of hydrogen-bond acceptors (Lipinski definition) is 6. The molecule has 0 bridgehead atoms. The fraction of sp³-hybridized carbons (Fsp3) is 0.750. The highest BCUT2D eigenvalue weighted by atomic mass is 16.5. The number of carbonyl (C=O) groups excluding carboxylic acids is 2. The summed E-state index contributed by atoms with van der Waals surface area (Å²) >= 11 is 0. The Bertz CT molecular complexity index is 640. The zero-order valence-corrected chi connectivity index (χ0v) is 18.8. The minimum Gasteiger partial charge on any atom is -0.469 e. The second-order valence-electron chi connectivity index (χ2n) is 8.87. The molecule has 0 spiro atoms. The van der Waals surface area contributed by atoms with Crippen molar-refractivity contribution in [2.75, 3.05) is 7.11 Å². The molecule has 6 heteroatoms. The van der Waals surface area contributed by atoms with Gasteiger partial charge in [0.15, 0.2) is 0 Å². The normalized spacial score (nSPS) is 28.7. The third-order valence-electron chi connectivity index (χ3n) is 6.64. The molecular weight excluding hydrogens is 384 g/mol. The zero-order valence-electron chi connectivity index (χ0n) is 18.8. The lowest BCUT2D eigenvalue weighted by Crippen LogP contribution is -2.40. The Balaban J connectivity index is 2.01. The average molecular weight is 423 g/mol. The first kappa shape index (κ1) is 24.6. The van der Waals surface area contributed by atoms with Crippen LogP contribution in [0.15, 0.2) is 23.8 Å². The summed E-state index contributed by atoms with van der Waals surface area (Å²) in [4.78, 5) is 23.7. The fourth-order valence-corrected chi connectivity index (χ4v) is 4.56. The molecule has 6 nitrogen and oxygen atoms in total. The van der Waals surface area contributed by atoms with Gasteiger partial charge in [0.25, 0.3) is 0 Å². The minimum absolute atomic E-state index is 0.104. The van der Waals surface area contributed by atoms with Gasteiger partial charge in [0.2, 0.25) is 0 Å². The van der Waals surface area contributed by atoms with Gasteiger partial charge in [0.05, 0.1) is 31.7 Å². The van der Waals surface area contributed by atoms with E-state index in [1.165, 1.54) is 12.7 Å². The van der Waals surface area contributed by atoms with Crippen molar-refractivity contribution >= 4 is 11.9 Å². The van der Waals surface area contributed by atoms with Gasteiger partial charge in [-0.1, -0.05) is 39.0 Å². The van der Waals surface area contributed by atoms with E-state index < -0.39 is 18.2 Å². The molecule has 0 aromatic carbocycles. The zero-order chi connectivity index (χ0) is 22.3. The largest absolute Gasteiger partial charge is 0.469 e. The highest BCUT2D eigenvalue weighted by Gasteiger charge is 2.40. The Kier molecular flexibility index (Phi) is 9.56. The molecule has 0 amide bonds. The summed E-state index contributed by atoms with van der Waals surface area (Å²) in [6.07, 6.45) is 8.67. The van der Waals surface area contributed by atoms with Gasteiger partial charge < -0.3 is 19.7 Å². The smallest absolute Gasteiger partial charge is 0.308 e. The molecule has 0 aliphatic heterocycles. The number of allylic oxidation sites excluding steroid dienone is 3. The van der Waals surface area contributed by atoms with Crippen molar-refractivity contribution in [2.24, 2.45) is 23.7 Å². The van der Waals surface area contributed by atoms with Crippen LogP contribution in [0.4, 0.5) is 0 Å². The number of methoxy groups -OCH3 is 1. The molecule has 7 atom stereocenters. The molecule has 0 saturated heterocycles. The summed E-state index contributed by atoms with van der Waals surface area (Å²) in [6, 6.07) is 0. The van der Waals surface area contributed by atoms with E-state index >= 15 is 0 Å². The SMILES string of the molecule is CC[C@@H](C)C(=O)O[C@@H]1CCC=C2C=C[C@@H](C)[C@@H](CC[C@H](O)C[C@H](O)CC(=O)OC)[C@@H]21. The lowest BCUT2D eigenvalue weighted by Gasteiger charge is -2.42. The maximum Gasteiger partial charge on any atom is 0.308 e. The third kappa shape index (κ3) is 6.67. The van der Waals surface area contributed by atoms with Crippen molar-refractivity contribution in [3.05, 3.63) is 23.8 Å². The van der Waals surface area contributed by atoms with Crippen LogP contribution >= 0.6 is 0 Å². The summed E-state index contributed by atoms with van der Waals surface area (Å²) in [5.74, 6) is -0.0169. The Morgan fingerprint density at radius 1 is 1.27 bits per heavy atom. The van der Waals surface area contributed by atoms with Crippen molar-refractivity contribution in [3.8, 4) is 0 Å². The number of aliphatic hydroxyl groups excluding tert-OH is 2. The van der Waals surface area contributed by atoms with E-state index in [1.807, 2.05) is 13.8 Å². The van der Waals surface area contributed by atoms with Gasteiger partial charge in [-0.2, -0.15) is 0 Å². The standard InChI is InChI=1S/C24H38O6/c1-5-15(2)24(28)30-21-8-6-7-17-10-9-16(3)20(23(17)21)12-11-18(25)13-19(26)14-22(27)29-4/h7,9-10,15-16,18-21,23,25-26H,5-6,8,11-14H2,1-4H3/t15-,16-,18+,19+,20-,21-,23-/m1/s1. The lowest BCUT2D eigenvalue weighted by molar-refractivity contribution is -0.158. The Morgan fingerprint density at radius 3 is 2.67 bits per heavy atom. The molecule has 0 aromatic rings. The van der Waals surface area contributed by atoms with E-state index in [9.17, 15) is 19.8 Å². The van der Waals surface area contributed by atoms with Crippen LogP contribution in [0.2, 0.25) is 0 Å². The number of aliphatic hydroxyl groups is 2. The fourth-order valence-electron chi connectivity index (χ4n) is 4.56. The van der Waals surface area contributed by atoms with E-state index in [4.69, 9.17) is 4.74 Å². The first-order valence-electron chi connectivity index (χ1n) is 11.3. The van der Waals surface area contributed by atoms with Crippen LogP contribution in [0.1, 0.15) is 65.7 Å². The Labute approximate surface area is 180 Å². The van der Waals surface area contributed by atoms with Crippen LogP contribution in [0.5, 0.6) is 0 Å². The van der Waals surface area contributed by atoms with Crippen molar-refractivity contribution < 1.29 is 29.3 Å². The maximum atomic E-state index is 12.4. The molecule has 0 radical (unpaired) electrons. The molecule has 2 rings (SSSR count). The molecule has 0 unspecified atom stereocenters. The summed E-state index contributed by atoms with van der Waals surface area (Å²) in [5, 5.41) is 20.4. The summed E-state index contributed by atoms with van der Waals surface area (Å²) in [5.41, 5.74) is 1.23. The molecule has 2 N–H and O–H groups in total. The van der Waals surface area contributed by atoms with Crippen LogP contribution in [0, 0.1) is 23.7 Å². The molecule has 0 heterocycles. The number of esters is 2. The lowest BCUT2D eigenvalue weighted by atomic mass is 9.66. The van der Waals surface area contributed by atoms with Crippen LogP contribution in [0.3, 0.4) is 0 Å². The van der Waals surface area contributed by atoms with Crippen LogP contribution < -0.4 is 0 Å². The van der Waals surface area contributed by atoms with E-state index in [1.54, 1.807) is 0 Å². The number of ether oxygens (including phenoxy) is 2. The van der Waals surface area contributed by atoms with Gasteiger partial charge in [-0.3, -0.25) is 9.59 Å². The first-order valence-corrected chi connectivity index (χ1v) is 11.3. The average Bonchev–Trinajstić information content (AvgIpc) is 2.72. The molecule has 2 aliphatic rings. The van der Waals surface area contributed by atoms with E-state index in [2.05, 4.69) is 29.9 Å². The summed E-state index contributed by atoms with van der Waals surface area (Å²) < 4.78 is 10.5. The summed E-state index contributed by atoms with van der Waals surface area (Å²) in [7, 11) is 1.28. The van der Waals surface area contributed by atoms with Gasteiger partial charge in [0, 0.05) is 5.92 Å². The first-order chi connectivity index (χ1) is 14.3. The van der Waals surface area contributed by atoms with E-state index in [0.717, 1.165) is 25.7 Å². The second kappa shape index (κ2) is 11.7. The molecule has 0 fully saturated rings. The predicted octanol–water partition coefficient (Wildman–Crippen LogP) is 3.56. The van der Waals surface area contributed by atoms with Crippen molar-refractivity contribution in [2.45, 2.75) is 84.0 Å². The van der Waals surface area contributed by atoms with Gasteiger partial charge in [-0.25, -0.2) is 0 Å². The van der Waals surface area contributed by atoms with Gasteiger partial charge >= 0.3 is 11.9 Å². The van der Waals surface area contributed by atoms with E-state index in [-0.39, 0.29) is 42.7 Å². The molecule has 0 saturated carbocycles. The Morgan fingerprint density at radius 2 is 2.00 bits per heavy atom. The highest BCUT2D eigenvalue weighted by Crippen LogP contribution is 2.44. The summed E-state index contributed by atoms with van der Waals surface area (Å²) in [6.45, 7) is 6.06. The molecular formula is C24H38O6. The maximum absolute atomic E-state index is 12.4. The molecule has 0 aromatic heterocycles. The van der Waals surface area contributed by atoms with Crippen molar-refractivity contribution in [1.29, 1.82) is 0 Å². The second-order valence-corrected chi connectivity index (χ2v) is 8.87. The van der Waals surface area contributed by atoms with Crippen LogP contribution in [-0.2, 0) is 19.1 Å². The monoisotopic (exact) mass is 422 g/mol. The van der Waals surface area contributed by atoms with Crippen LogP contribution in [0.25, 0.3) is 0 Å².